The molecule has 0 saturated carbocycles. The first-order chi connectivity index (χ1) is 16.3. The largest absolute Gasteiger partial charge is 0.486 e. The van der Waals surface area contributed by atoms with Gasteiger partial charge in [-0.1, -0.05) is 12.1 Å². The van der Waals surface area contributed by atoms with Crippen LogP contribution in [0.5, 0.6) is 11.5 Å². The topological polar surface area (TPSA) is 84.9 Å². The Kier molecular flexibility index (Phi) is 6.69. The van der Waals surface area contributed by atoms with Crippen LogP contribution in [0.1, 0.15) is 22.8 Å². The molecule has 10 heteroatoms. The van der Waals surface area contributed by atoms with Gasteiger partial charge in [0.2, 0.25) is 0 Å². The first kappa shape index (κ1) is 23.5. The number of rotatable bonds is 7. The Labute approximate surface area is 196 Å². The number of anilines is 1. The highest BCUT2D eigenvalue weighted by molar-refractivity contribution is 7.92. The van der Waals surface area contributed by atoms with Crippen molar-refractivity contribution in [3.8, 4) is 11.5 Å². The van der Waals surface area contributed by atoms with E-state index in [4.69, 9.17) is 9.47 Å². The molecule has 0 radical (unpaired) electrons. The van der Waals surface area contributed by atoms with Gasteiger partial charge in [-0.25, -0.2) is 17.2 Å². The Balaban J connectivity index is 1.51. The minimum Gasteiger partial charge on any atom is -0.486 e. The summed E-state index contributed by atoms with van der Waals surface area (Å²) < 4.78 is 65.2. The van der Waals surface area contributed by atoms with E-state index < -0.39 is 26.6 Å². The molecule has 0 aliphatic carbocycles. The molecule has 0 spiro atoms. The van der Waals surface area contributed by atoms with E-state index in [0.717, 1.165) is 17.7 Å². The Morgan fingerprint density at radius 3 is 2.47 bits per heavy atom. The van der Waals surface area contributed by atoms with E-state index in [1.165, 1.54) is 18.2 Å². The molecule has 1 heterocycles. The van der Waals surface area contributed by atoms with E-state index >= 15 is 0 Å². The third-order valence-corrected chi connectivity index (χ3v) is 6.59. The predicted molar refractivity (Wildman–Crippen MR) is 121 cm³/mol. The van der Waals surface area contributed by atoms with E-state index in [2.05, 4.69) is 4.72 Å². The van der Waals surface area contributed by atoms with Crippen LogP contribution in [0.2, 0.25) is 0 Å². The molecule has 0 unspecified atom stereocenters. The molecular formula is C24H22F2N2O5S. The fourth-order valence-corrected chi connectivity index (χ4v) is 4.55. The van der Waals surface area contributed by atoms with E-state index in [1.54, 1.807) is 17.0 Å². The first-order valence-electron chi connectivity index (χ1n) is 10.5. The molecular weight excluding hydrogens is 466 g/mol. The number of hydrogen-bond donors (Lipinski definition) is 1. The van der Waals surface area contributed by atoms with E-state index in [1.807, 2.05) is 19.1 Å². The number of nitrogens with zero attached hydrogens (tertiary/aromatic N) is 1. The summed E-state index contributed by atoms with van der Waals surface area (Å²) in [4.78, 5) is 14.3. The summed E-state index contributed by atoms with van der Waals surface area (Å²) in [5, 5.41) is 0. The van der Waals surface area contributed by atoms with Gasteiger partial charge in [-0.3, -0.25) is 9.52 Å². The maximum Gasteiger partial charge on any atom is 0.261 e. The second kappa shape index (κ2) is 9.68. The Bertz CT molecular complexity index is 1330. The molecule has 4 rings (SSSR count). The minimum atomic E-state index is -4.19. The average Bonchev–Trinajstić information content (AvgIpc) is 2.83. The van der Waals surface area contributed by atoms with Gasteiger partial charge in [0.1, 0.15) is 13.2 Å². The smallest absolute Gasteiger partial charge is 0.261 e. The standard InChI is InChI=1S/C24H22F2N2O5S/c1-2-28(15-16-6-9-22-23(12-16)33-11-10-32-22)24(29)17-4-3-5-18(13-17)27-34(30,31)19-7-8-20(25)21(26)14-19/h3-9,12-14,27H,2,10-11,15H2,1H3. The highest BCUT2D eigenvalue weighted by Crippen LogP contribution is 2.31. The highest BCUT2D eigenvalue weighted by atomic mass is 32.2. The van der Waals surface area contributed by atoms with Crippen LogP contribution in [-0.2, 0) is 16.6 Å². The lowest BCUT2D eigenvalue weighted by atomic mass is 10.1. The monoisotopic (exact) mass is 488 g/mol. The second-order valence-electron chi connectivity index (χ2n) is 7.56. The number of carbonyl (C=O) groups is 1. The molecule has 3 aromatic carbocycles. The van der Waals surface area contributed by atoms with Crippen LogP contribution >= 0.6 is 0 Å². The van der Waals surface area contributed by atoms with Crippen molar-refractivity contribution in [3.63, 3.8) is 0 Å². The lowest BCUT2D eigenvalue weighted by Crippen LogP contribution is -2.30. The van der Waals surface area contributed by atoms with Crippen LogP contribution in [0.15, 0.2) is 65.6 Å². The van der Waals surface area contributed by atoms with Crippen LogP contribution in [0.25, 0.3) is 0 Å². The van der Waals surface area contributed by atoms with Crippen molar-refractivity contribution < 1.29 is 31.5 Å². The van der Waals surface area contributed by atoms with Gasteiger partial charge in [0.25, 0.3) is 15.9 Å². The van der Waals surface area contributed by atoms with Crippen molar-refractivity contribution in [2.24, 2.45) is 0 Å². The molecule has 3 aromatic rings. The van der Waals surface area contributed by atoms with Crippen LogP contribution in [-0.4, -0.2) is 39.0 Å². The molecule has 0 bridgehead atoms. The first-order valence-corrected chi connectivity index (χ1v) is 12.0. The number of benzene rings is 3. The predicted octanol–water partition coefficient (Wildman–Crippen LogP) is 4.20. The Morgan fingerprint density at radius 1 is 0.971 bits per heavy atom. The average molecular weight is 489 g/mol. The number of sulfonamides is 1. The molecule has 1 aliphatic heterocycles. The van der Waals surface area contributed by atoms with Gasteiger partial charge >= 0.3 is 0 Å². The fourth-order valence-electron chi connectivity index (χ4n) is 3.49. The molecule has 178 valence electrons. The zero-order chi connectivity index (χ0) is 24.3. The second-order valence-corrected chi connectivity index (χ2v) is 9.24. The maximum atomic E-state index is 13.5. The van der Waals surface area contributed by atoms with Crippen LogP contribution in [0.4, 0.5) is 14.5 Å². The fraction of sp³-hybridized carbons (Fsp3) is 0.208. The number of ether oxygens (including phenoxy) is 2. The maximum absolute atomic E-state index is 13.5. The van der Waals surface area contributed by atoms with Gasteiger partial charge in [-0.15, -0.1) is 0 Å². The summed E-state index contributed by atoms with van der Waals surface area (Å²) in [6.07, 6.45) is 0. The molecule has 0 atom stereocenters. The van der Waals surface area contributed by atoms with Gasteiger partial charge in [0.15, 0.2) is 23.1 Å². The number of amides is 1. The van der Waals surface area contributed by atoms with Crippen molar-refractivity contribution >= 4 is 21.6 Å². The van der Waals surface area contributed by atoms with Crippen molar-refractivity contribution in [1.29, 1.82) is 0 Å². The van der Waals surface area contributed by atoms with Gasteiger partial charge in [-0.2, -0.15) is 0 Å². The summed E-state index contributed by atoms with van der Waals surface area (Å²) in [5.41, 5.74) is 1.24. The van der Waals surface area contributed by atoms with Crippen LogP contribution in [0, 0.1) is 11.6 Å². The molecule has 0 saturated heterocycles. The zero-order valence-corrected chi connectivity index (χ0v) is 19.1. The lowest BCUT2D eigenvalue weighted by molar-refractivity contribution is 0.0752. The van der Waals surface area contributed by atoms with E-state index in [0.29, 0.717) is 43.9 Å². The molecule has 0 aromatic heterocycles. The van der Waals surface area contributed by atoms with Gasteiger partial charge in [-0.05, 0) is 61.0 Å². The van der Waals surface area contributed by atoms with Crippen molar-refractivity contribution in [2.45, 2.75) is 18.4 Å². The van der Waals surface area contributed by atoms with Crippen molar-refractivity contribution in [1.82, 2.24) is 4.90 Å². The summed E-state index contributed by atoms with van der Waals surface area (Å²) >= 11 is 0. The summed E-state index contributed by atoms with van der Waals surface area (Å²) in [6, 6.07) is 13.8. The molecule has 1 N–H and O–H groups in total. The molecule has 7 nitrogen and oxygen atoms in total. The summed E-state index contributed by atoms with van der Waals surface area (Å²) in [6.45, 7) is 3.52. The van der Waals surface area contributed by atoms with Gasteiger partial charge < -0.3 is 14.4 Å². The van der Waals surface area contributed by atoms with Crippen molar-refractivity contribution in [2.75, 3.05) is 24.5 Å². The third-order valence-electron chi connectivity index (χ3n) is 5.21. The van der Waals surface area contributed by atoms with Crippen LogP contribution in [0.3, 0.4) is 0 Å². The van der Waals surface area contributed by atoms with Crippen molar-refractivity contribution in [3.05, 3.63) is 83.4 Å². The van der Waals surface area contributed by atoms with Crippen LogP contribution < -0.4 is 14.2 Å². The number of carbonyl (C=O) groups excluding carboxylic acids is 1. The van der Waals surface area contributed by atoms with E-state index in [9.17, 15) is 22.0 Å². The highest BCUT2D eigenvalue weighted by Gasteiger charge is 2.20. The Morgan fingerprint density at radius 2 is 1.74 bits per heavy atom. The Hall–Kier alpha value is -3.66. The number of hydrogen-bond acceptors (Lipinski definition) is 5. The molecule has 0 fully saturated rings. The molecule has 34 heavy (non-hydrogen) atoms. The number of fused-ring (bicyclic) bond motifs is 1. The van der Waals surface area contributed by atoms with E-state index in [-0.39, 0.29) is 17.2 Å². The SMILES string of the molecule is CCN(Cc1ccc2c(c1)OCCO2)C(=O)c1cccc(NS(=O)(=O)c2ccc(F)c(F)c2)c1. The summed E-state index contributed by atoms with van der Waals surface area (Å²) in [7, 11) is -4.19. The quantitative estimate of drug-likeness (QED) is 0.539. The zero-order valence-electron chi connectivity index (χ0n) is 18.3. The summed E-state index contributed by atoms with van der Waals surface area (Å²) in [5.74, 6) is -1.44. The normalized spacial score (nSPS) is 12.8. The molecule has 1 amide bonds. The molecule has 1 aliphatic rings. The number of nitrogens with one attached hydrogen (secondary N) is 1. The minimum absolute atomic E-state index is 0.117. The third kappa shape index (κ3) is 5.12. The number of halogens is 2. The lowest BCUT2D eigenvalue weighted by Gasteiger charge is -2.23. The van der Waals surface area contributed by atoms with Gasteiger partial charge in [0, 0.05) is 24.3 Å². The van der Waals surface area contributed by atoms with Gasteiger partial charge in [0.05, 0.1) is 4.90 Å².